The van der Waals surface area contributed by atoms with Crippen LogP contribution in [0.15, 0.2) is 0 Å². The molecular formula is C7H17ClNO3P. The van der Waals surface area contributed by atoms with Crippen molar-refractivity contribution in [2.45, 2.75) is 26.3 Å². The number of halogens is 1. The molecule has 0 heterocycles. The van der Waals surface area contributed by atoms with Crippen molar-refractivity contribution in [3.05, 3.63) is 0 Å². The minimum atomic E-state index is -3.17. The largest absolute Gasteiger partial charge is 0.409 e. The maximum atomic E-state index is 12.0. The van der Waals surface area contributed by atoms with E-state index in [4.69, 9.17) is 20.6 Å². The van der Waals surface area contributed by atoms with Crippen molar-refractivity contribution in [1.29, 1.82) is 0 Å². The summed E-state index contributed by atoms with van der Waals surface area (Å²) in [6.45, 7) is 6.59. The van der Waals surface area contributed by atoms with Crippen molar-refractivity contribution in [1.82, 2.24) is 4.67 Å². The molecule has 0 rings (SSSR count). The molecular weight excluding hydrogens is 213 g/mol. The maximum absolute atomic E-state index is 12.0. The summed E-state index contributed by atoms with van der Waals surface area (Å²) in [4.78, 5) is 0. The van der Waals surface area contributed by atoms with Crippen molar-refractivity contribution in [2.75, 3.05) is 20.2 Å². The van der Waals surface area contributed by atoms with Crippen LogP contribution in [0.4, 0.5) is 0 Å². The molecule has 6 heteroatoms. The second-order valence-corrected chi connectivity index (χ2v) is 5.13. The fraction of sp³-hybridized carbons (Fsp3) is 1.00. The van der Waals surface area contributed by atoms with E-state index in [1.165, 1.54) is 7.11 Å². The fourth-order valence-corrected chi connectivity index (χ4v) is 2.79. The van der Waals surface area contributed by atoms with Crippen LogP contribution >= 0.6 is 19.3 Å². The SMILES string of the molecule is CCN(CC)P(=O)(OC)OC(C)Cl. The van der Waals surface area contributed by atoms with Gasteiger partial charge in [0.1, 0.15) is 5.56 Å². The summed E-state index contributed by atoms with van der Waals surface area (Å²) in [5.74, 6) is 0. The summed E-state index contributed by atoms with van der Waals surface area (Å²) < 4.78 is 23.5. The maximum Gasteiger partial charge on any atom is 0.409 e. The van der Waals surface area contributed by atoms with Crippen LogP contribution in [0.1, 0.15) is 20.8 Å². The van der Waals surface area contributed by atoms with E-state index in [2.05, 4.69) is 0 Å². The van der Waals surface area contributed by atoms with Gasteiger partial charge in [-0.05, 0) is 6.92 Å². The Morgan fingerprint density at radius 3 is 2.15 bits per heavy atom. The Hall–Kier alpha value is 0.400. The monoisotopic (exact) mass is 229 g/mol. The van der Waals surface area contributed by atoms with Crippen LogP contribution in [-0.4, -0.2) is 30.4 Å². The Kier molecular flexibility index (Phi) is 6.18. The third kappa shape index (κ3) is 3.96. The molecule has 0 aliphatic heterocycles. The van der Waals surface area contributed by atoms with E-state index in [0.717, 1.165) is 0 Å². The van der Waals surface area contributed by atoms with Gasteiger partial charge >= 0.3 is 7.75 Å². The van der Waals surface area contributed by atoms with E-state index < -0.39 is 13.3 Å². The van der Waals surface area contributed by atoms with Crippen molar-refractivity contribution >= 4 is 19.3 Å². The normalized spacial score (nSPS) is 18.6. The van der Waals surface area contributed by atoms with Gasteiger partial charge in [0.15, 0.2) is 0 Å². The first-order chi connectivity index (χ1) is 6.00. The highest BCUT2D eigenvalue weighted by molar-refractivity contribution is 7.51. The third-order valence-electron chi connectivity index (χ3n) is 1.59. The fourth-order valence-electron chi connectivity index (χ4n) is 0.979. The zero-order valence-electron chi connectivity index (χ0n) is 8.49. The first-order valence-corrected chi connectivity index (χ1v) is 6.17. The van der Waals surface area contributed by atoms with Crippen molar-refractivity contribution in [2.24, 2.45) is 0 Å². The highest BCUT2D eigenvalue weighted by atomic mass is 35.5. The van der Waals surface area contributed by atoms with E-state index >= 15 is 0 Å². The molecule has 0 saturated heterocycles. The van der Waals surface area contributed by atoms with Gasteiger partial charge in [-0.1, -0.05) is 25.4 Å². The average molecular weight is 230 g/mol. The van der Waals surface area contributed by atoms with Crippen LogP contribution in [0.2, 0.25) is 0 Å². The standard InChI is InChI=1S/C7H17ClNO3P/c1-5-9(6-2)13(10,11-4)12-7(3)8/h7H,5-6H2,1-4H3. The van der Waals surface area contributed by atoms with Gasteiger partial charge < -0.3 is 0 Å². The van der Waals surface area contributed by atoms with E-state index in [1.54, 1.807) is 11.6 Å². The van der Waals surface area contributed by atoms with Gasteiger partial charge in [0.05, 0.1) is 0 Å². The van der Waals surface area contributed by atoms with Crippen LogP contribution in [0.3, 0.4) is 0 Å². The Morgan fingerprint density at radius 1 is 1.46 bits per heavy atom. The van der Waals surface area contributed by atoms with Gasteiger partial charge in [0.2, 0.25) is 0 Å². The molecule has 2 unspecified atom stereocenters. The first-order valence-electron chi connectivity index (χ1n) is 4.23. The quantitative estimate of drug-likeness (QED) is 0.519. The molecule has 0 spiro atoms. The molecule has 0 N–H and O–H groups in total. The molecule has 13 heavy (non-hydrogen) atoms. The molecule has 0 radical (unpaired) electrons. The van der Waals surface area contributed by atoms with Crippen molar-refractivity contribution in [3.63, 3.8) is 0 Å². The predicted octanol–water partition coefficient (Wildman–Crippen LogP) is 2.68. The van der Waals surface area contributed by atoms with Gasteiger partial charge in [-0.2, -0.15) is 0 Å². The molecule has 0 fully saturated rings. The van der Waals surface area contributed by atoms with Crippen LogP contribution in [-0.2, 0) is 13.6 Å². The molecule has 0 saturated carbocycles. The first kappa shape index (κ1) is 13.4. The summed E-state index contributed by atoms with van der Waals surface area (Å²) in [5.41, 5.74) is -0.619. The Bertz CT molecular complexity index is 185. The molecule has 80 valence electrons. The van der Waals surface area contributed by atoms with Gasteiger partial charge in [-0.25, -0.2) is 9.24 Å². The lowest BCUT2D eigenvalue weighted by atomic mass is 10.7. The molecule has 0 bridgehead atoms. The van der Waals surface area contributed by atoms with Gasteiger partial charge in [-0.3, -0.25) is 9.05 Å². The lowest BCUT2D eigenvalue weighted by Crippen LogP contribution is -2.23. The van der Waals surface area contributed by atoms with Gasteiger partial charge in [0, 0.05) is 20.2 Å². The Morgan fingerprint density at radius 2 is 1.92 bits per heavy atom. The molecule has 4 nitrogen and oxygen atoms in total. The zero-order valence-corrected chi connectivity index (χ0v) is 10.1. The lowest BCUT2D eigenvalue weighted by Gasteiger charge is -2.27. The molecule has 0 aromatic heterocycles. The summed E-state index contributed by atoms with van der Waals surface area (Å²) in [5, 5.41) is 0. The van der Waals surface area contributed by atoms with Crippen molar-refractivity contribution < 1.29 is 13.6 Å². The van der Waals surface area contributed by atoms with Crippen LogP contribution in [0, 0.1) is 0 Å². The Labute approximate surface area is 84.7 Å². The topological polar surface area (TPSA) is 38.8 Å². The van der Waals surface area contributed by atoms with E-state index in [-0.39, 0.29) is 0 Å². The molecule has 0 amide bonds. The summed E-state index contributed by atoms with van der Waals surface area (Å²) >= 11 is 5.60. The summed E-state index contributed by atoms with van der Waals surface area (Å²) in [6.07, 6.45) is 0. The van der Waals surface area contributed by atoms with Gasteiger partial charge in [-0.15, -0.1) is 0 Å². The molecule has 0 aliphatic rings. The third-order valence-corrected chi connectivity index (χ3v) is 4.10. The van der Waals surface area contributed by atoms with Crippen molar-refractivity contribution in [3.8, 4) is 0 Å². The minimum absolute atomic E-state index is 0.602. The van der Waals surface area contributed by atoms with Crippen LogP contribution < -0.4 is 0 Å². The number of hydrogen-bond acceptors (Lipinski definition) is 3. The average Bonchev–Trinajstić information content (AvgIpc) is 2.05. The second-order valence-electron chi connectivity index (χ2n) is 2.44. The number of rotatable bonds is 6. The van der Waals surface area contributed by atoms with Gasteiger partial charge in [0.25, 0.3) is 0 Å². The smallest absolute Gasteiger partial charge is 0.300 e. The predicted molar refractivity (Wildman–Crippen MR) is 53.9 cm³/mol. The minimum Gasteiger partial charge on any atom is -0.300 e. The van der Waals surface area contributed by atoms with Crippen LogP contribution in [0.25, 0.3) is 0 Å². The zero-order chi connectivity index (χ0) is 10.5. The van der Waals surface area contributed by atoms with E-state index in [0.29, 0.717) is 13.1 Å². The number of nitrogens with zero attached hydrogens (tertiary/aromatic N) is 1. The molecule has 0 aromatic carbocycles. The highest BCUT2D eigenvalue weighted by Gasteiger charge is 2.31. The molecule has 2 atom stereocenters. The lowest BCUT2D eigenvalue weighted by molar-refractivity contribution is 0.175. The van der Waals surface area contributed by atoms with Crippen LogP contribution in [0.5, 0.6) is 0 Å². The number of alkyl halides is 1. The summed E-state index contributed by atoms with van der Waals surface area (Å²) in [7, 11) is -1.81. The molecule has 0 aliphatic carbocycles. The summed E-state index contributed by atoms with van der Waals surface area (Å²) in [6, 6.07) is 0. The number of hydrogen-bond donors (Lipinski definition) is 0. The Balaban J connectivity index is 4.50. The molecule has 0 aromatic rings. The van der Waals surface area contributed by atoms with E-state index in [1.807, 2.05) is 13.8 Å². The van der Waals surface area contributed by atoms with E-state index in [9.17, 15) is 4.57 Å². The highest BCUT2D eigenvalue weighted by Crippen LogP contribution is 2.52. The second kappa shape index (κ2) is 5.99.